The van der Waals surface area contributed by atoms with Crippen molar-refractivity contribution in [3.05, 3.63) is 75.2 Å². The molecule has 0 amide bonds. The molecule has 4 nitrogen and oxygen atoms in total. The molecule has 0 radical (unpaired) electrons. The number of hydrogen-bond donors (Lipinski definition) is 1. The first-order valence-corrected chi connectivity index (χ1v) is 8.48. The number of benzene rings is 2. The first kappa shape index (κ1) is 16.5. The Morgan fingerprint density at radius 2 is 1.96 bits per heavy atom. The van der Waals surface area contributed by atoms with E-state index in [1.165, 1.54) is 11.3 Å². The predicted octanol–water partition coefficient (Wildman–Crippen LogP) is 4.65. The van der Waals surface area contributed by atoms with Gasteiger partial charge in [0.15, 0.2) is 10.3 Å². The van der Waals surface area contributed by atoms with Crippen LogP contribution in [0.2, 0.25) is 4.47 Å². The summed E-state index contributed by atoms with van der Waals surface area (Å²) in [5.41, 5.74) is 2.02. The molecule has 0 fully saturated rings. The van der Waals surface area contributed by atoms with Gasteiger partial charge in [0.25, 0.3) is 0 Å². The Balaban J connectivity index is 1.80. The van der Waals surface area contributed by atoms with Gasteiger partial charge < -0.3 is 10.1 Å². The maximum Gasteiger partial charge on any atom is 0.195 e. The molecule has 0 spiro atoms. The third-order valence-corrected chi connectivity index (χ3v) is 4.62. The Morgan fingerprint density at radius 1 is 1.21 bits per heavy atom. The number of methoxy groups -OCH3 is 1. The van der Waals surface area contributed by atoms with Gasteiger partial charge in [0.1, 0.15) is 5.75 Å². The van der Waals surface area contributed by atoms with Crippen molar-refractivity contribution in [1.82, 2.24) is 4.98 Å². The Hall–Kier alpha value is -2.37. The van der Waals surface area contributed by atoms with Crippen LogP contribution < -0.4 is 10.1 Å². The molecule has 6 heteroatoms. The molecular weight excluding hydrogens is 344 g/mol. The van der Waals surface area contributed by atoms with Gasteiger partial charge in [0.05, 0.1) is 13.7 Å². The minimum Gasteiger partial charge on any atom is -0.497 e. The Morgan fingerprint density at radius 3 is 2.62 bits per heavy atom. The minimum atomic E-state index is -0.0388. The number of aromatic nitrogens is 1. The zero-order chi connectivity index (χ0) is 16.9. The molecule has 0 aliphatic rings. The summed E-state index contributed by atoms with van der Waals surface area (Å²) >= 11 is 7.26. The summed E-state index contributed by atoms with van der Waals surface area (Å²) in [4.78, 5) is 17.8. The number of hydrogen-bond acceptors (Lipinski definition) is 5. The van der Waals surface area contributed by atoms with Gasteiger partial charge >= 0.3 is 0 Å². The molecule has 0 unspecified atom stereocenters. The molecule has 2 aromatic carbocycles. The van der Waals surface area contributed by atoms with Crippen LogP contribution in [0.15, 0.2) is 54.7 Å². The zero-order valence-electron chi connectivity index (χ0n) is 13.0. The number of nitrogens with one attached hydrogen (secondary N) is 1. The summed E-state index contributed by atoms with van der Waals surface area (Å²) in [7, 11) is 1.60. The highest BCUT2D eigenvalue weighted by atomic mass is 35.5. The molecule has 3 aromatic rings. The van der Waals surface area contributed by atoms with Crippen LogP contribution in [0.4, 0.5) is 5.69 Å². The van der Waals surface area contributed by atoms with Gasteiger partial charge in [-0.05, 0) is 36.4 Å². The fourth-order valence-corrected chi connectivity index (χ4v) is 3.20. The summed E-state index contributed by atoms with van der Waals surface area (Å²) in [6.45, 7) is 0.567. The molecule has 0 saturated heterocycles. The molecular formula is C18H15ClN2O2S. The second-order valence-corrected chi connectivity index (χ2v) is 6.73. The molecule has 0 aliphatic carbocycles. The summed E-state index contributed by atoms with van der Waals surface area (Å²) in [5.74, 6) is 0.683. The number of ether oxygens (including phenoxy) is 1. The van der Waals surface area contributed by atoms with Crippen LogP contribution in [0.25, 0.3) is 0 Å². The molecule has 0 atom stereocenters. The van der Waals surface area contributed by atoms with Crippen LogP contribution in [0, 0.1) is 0 Å². The highest BCUT2D eigenvalue weighted by molar-refractivity contribution is 7.15. The number of carbonyl (C=O) groups is 1. The largest absolute Gasteiger partial charge is 0.497 e. The highest BCUT2D eigenvalue weighted by Crippen LogP contribution is 2.23. The third kappa shape index (κ3) is 3.75. The van der Waals surface area contributed by atoms with Crippen LogP contribution in [0.1, 0.15) is 20.8 Å². The minimum absolute atomic E-state index is 0.0388. The van der Waals surface area contributed by atoms with E-state index in [9.17, 15) is 4.79 Å². The fourth-order valence-electron chi connectivity index (χ4n) is 2.28. The SMILES string of the molecule is COc1ccc(C(=O)c2ccccc2NCc2cnc(Cl)s2)cc1. The third-order valence-electron chi connectivity index (χ3n) is 3.50. The summed E-state index contributed by atoms with van der Waals surface area (Å²) in [5, 5.41) is 3.28. The average Bonchev–Trinajstić information content (AvgIpc) is 3.05. The Kier molecular flexibility index (Phi) is 5.13. The lowest BCUT2D eigenvalue weighted by atomic mass is 10.0. The number of nitrogens with zero attached hydrogens (tertiary/aromatic N) is 1. The summed E-state index contributed by atoms with van der Waals surface area (Å²) in [6.07, 6.45) is 1.73. The predicted molar refractivity (Wildman–Crippen MR) is 97.3 cm³/mol. The molecule has 3 rings (SSSR count). The van der Waals surface area contributed by atoms with E-state index in [1.54, 1.807) is 37.6 Å². The van der Waals surface area contributed by atoms with E-state index in [1.807, 2.05) is 24.3 Å². The van der Waals surface area contributed by atoms with Crippen molar-refractivity contribution >= 4 is 34.4 Å². The summed E-state index contributed by atoms with van der Waals surface area (Å²) in [6, 6.07) is 14.5. The number of anilines is 1. The maximum absolute atomic E-state index is 12.8. The lowest BCUT2D eigenvalue weighted by Crippen LogP contribution is -2.07. The van der Waals surface area contributed by atoms with Gasteiger partial charge in [-0.25, -0.2) is 4.98 Å². The van der Waals surface area contributed by atoms with E-state index in [4.69, 9.17) is 16.3 Å². The average molecular weight is 359 g/mol. The lowest BCUT2D eigenvalue weighted by molar-refractivity contribution is 0.103. The van der Waals surface area contributed by atoms with E-state index < -0.39 is 0 Å². The molecule has 0 bridgehead atoms. The first-order valence-electron chi connectivity index (χ1n) is 7.29. The fraction of sp³-hybridized carbons (Fsp3) is 0.111. The van der Waals surface area contributed by atoms with Gasteiger partial charge in [0, 0.05) is 27.9 Å². The van der Waals surface area contributed by atoms with Gasteiger partial charge in [-0.1, -0.05) is 23.7 Å². The number of para-hydroxylation sites is 1. The molecule has 1 aromatic heterocycles. The summed E-state index contributed by atoms with van der Waals surface area (Å²) < 4.78 is 5.64. The van der Waals surface area contributed by atoms with Gasteiger partial charge in [-0.2, -0.15) is 0 Å². The van der Waals surface area contributed by atoms with E-state index in [-0.39, 0.29) is 5.78 Å². The van der Waals surface area contributed by atoms with Crippen molar-refractivity contribution in [1.29, 1.82) is 0 Å². The van der Waals surface area contributed by atoms with E-state index >= 15 is 0 Å². The molecule has 1 heterocycles. The van der Waals surface area contributed by atoms with E-state index in [0.717, 1.165) is 16.3 Å². The van der Waals surface area contributed by atoms with Crippen LogP contribution in [0.5, 0.6) is 5.75 Å². The van der Waals surface area contributed by atoms with Gasteiger partial charge in [-0.3, -0.25) is 4.79 Å². The van der Waals surface area contributed by atoms with Crippen LogP contribution in [0.3, 0.4) is 0 Å². The Bertz CT molecular complexity index is 846. The van der Waals surface area contributed by atoms with Crippen LogP contribution >= 0.6 is 22.9 Å². The maximum atomic E-state index is 12.8. The second-order valence-electron chi connectivity index (χ2n) is 5.04. The number of thiazole rings is 1. The molecule has 0 aliphatic heterocycles. The van der Waals surface area contributed by atoms with Crippen molar-refractivity contribution in [2.45, 2.75) is 6.54 Å². The van der Waals surface area contributed by atoms with Crippen molar-refractivity contribution < 1.29 is 9.53 Å². The molecule has 122 valence electrons. The van der Waals surface area contributed by atoms with Gasteiger partial charge in [0.2, 0.25) is 0 Å². The molecule has 0 saturated carbocycles. The monoisotopic (exact) mass is 358 g/mol. The zero-order valence-corrected chi connectivity index (χ0v) is 14.5. The smallest absolute Gasteiger partial charge is 0.195 e. The number of rotatable bonds is 6. The van der Waals surface area contributed by atoms with Crippen molar-refractivity contribution in [3.63, 3.8) is 0 Å². The van der Waals surface area contributed by atoms with Crippen molar-refractivity contribution in [2.24, 2.45) is 0 Å². The quantitative estimate of drug-likeness (QED) is 0.652. The first-order chi connectivity index (χ1) is 11.7. The number of carbonyl (C=O) groups excluding carboxylic acids is 1. The number of halogens is 1. The van der Waals surface area contributed by atoms with Crippen LogP contribution in [-0.4, -0.2) is 17.9 Å². The number of ketones is 1. The topological polar surface area (TPSA) is 51.2 Å². The van der Waals surface area contributed by atoms with Gasteiger partial charge in [-0.15, -0.1) is 11.3 Å². The van der Waals surface area contributed by atoms with Crippen molar-refractivity contribution in [3.8, 4) is 5.75 Å². The standard InChI is InChI=1S/C18H15ClN2O2S/c1-23-13-8-6-12(7-9-13)17(22)15-4-2-3-5-16(15)20-10-14-11-21-18(19)24-14/h2-9,11,20H,10H2,1H3. The normalized spacial score (nSPS) is 10.4. The highest BCUT2D eigenvalue weighted by Gasteiger charge is 2.13. The molecule has 1 N–H and O–H groups in total. The second kappa shape index (κ2) is 7.47. The van der Waals surface area contributed by atoms with E-state index in [0.29, 0.717) is 22.1 Å². The van der Waals surface area contributed by atoms with Crippen LogP contribution in [-0.2, 0) is 6.54 Å². The Labute approximate surface area is 149 Å². The van der Waals surface area contributed by atoms with E-state index in [2.05, 4.69) is 10.3 Å². The lowest BCUT2D eigenvalue weighted by Gasteiger charge is -2.11. The van der Waals surface area contributed by atoms with Crippen molar-refractivity contribution in [2.75, 3.05) is 12.4 Å². The molecule has 24 heavy (non-hydrogen) atoms.